The van der Waals surface area contributed by atoms with Crippen LogP contribution in [0.4, 0.5) is 0 Å². The third-order valence-corrected chi connectivity index (χ3v) is 3.20. The van der Waals surface area contributed by atoms with Crippen molar-refractivity contribution in [3.05, 3.63) is 0 Å². The van der Waals surface area contributed by atoms with E-state index in [-0.39, 0.29) is 29.4 Å². The van der Waals surface area contributed by atoms with Gasteiger partial charge in [0.25, 0.3) is 0 Å². The van der Waals surface area contributed by atoms with Crippen molar-refractivity contribution in [2.45, 2.75) is 45.3 Å². The smallest absolute Gasteiger partial charge is 0.229 e. The summed E-state index contributed by atoms with van der Waals surface area (Å²) in [6, 6.07) is 0. The highest BCUT2D eigenvalue weighted by Crippen LogP contribution is 2.40. The van der Waals surface area contributed by atoms with E-state index in [2.05, 4.69) is 0 Å². The minimum Gasteiger partial charge on any atom is -0.366 e. The number of ether oxygens (including phenoxy) is 1. The summed E-state index contributed by atoms with van der Waals surface area (Å²) in [5.41, 5.74) is -0.0781. The Kier molecular flexibility index (Phi) is 2.34. The Morgan fingerprint density at radius 3 is 2.27 bits per heavy atom. The molecule has 0 saturated carbocycles. The highest BCUT2D eigenvalue weighted by Gasteiger charge is 2.51. The molecule has 2 amide bonds. The normalized spacial score (nSPS) is 30.9. The molecule has 2 saturated heterocycles. The monoisotopic (exact) mass is 211 g/mol. The Bertz CT molecular complexity index is 295. The van der Waals surface area contributed by atoms with E-state index in [0.29, 0.717) is 19.4 Å². The number of hydrogen-bond acceptors (Lipinski definition) is 3. The predicted molar refractivity (Wildman–Crippen MR) is 54.1 cm³/mol. The van der Waals surface area contributed by atoms with Gasteiger partial charge in [-0.25, -0.2) is 0 Å². The van der Waals surface area contributed by atoms with Crippen LogP contribution >= 0.6 is 0 Å². The number of hydrogen-bond donors (Lipinski definition) is 0. The largest absolute Gasteiger partial charge is 0.366 e. The minimum absolute atomic E-state index is 0.0368. The molecule has 0 spiro atoms. The van der Waals surface area contributed by atoms with E-state index in [4.69, 9.17) is 4.74 Å². The summed E-state index contributed by atoms with van der Waals surface area (Å²) in [5, 5.41) is 0. The summed E-state index contributed by atoms with van der Waals surface area (Å²) in [6.07, 6.45) is 0.930. The fourth-order valence-electron chi connectivity index (χ4n) is 2.30. The second-order valence-corrected chi connectivity index (χ2v) is 5.02. The zero-order chi connectivity index (χ0) is 11.2. The molecule has 0 aromatic heterocycles. The molecule has 4 heteroatoms. The number of carbonyl (C=O) groups excluding carboxylic acids is 2. The Balaban J connectivity index is 1.92. The van der Waals surface area contributed by atoms with E-state index in [0.717, 1.165) is 0 Å². The van der Waals surface area contributed by atoms with Gasteiger partial charge in [-0.15, -0.1) is 0 Å². The quantitative estimate of drug-likeness (QED) is 0.516. The van der Waals surface area contributed by atoms with Crippen LogP contribution in [-0.4, -0.2) is 35.0 Å². The molecule has 0 aromatic carbocycles. The van der Waals surface area contributed by atoms with Gasteiger partial charge in [-0.3, -0.25) is 14.5 Å². The minimum atomic E-state index is -0.0781. The van der Waals surface area contributed by atoms with Crippen LogP contribution in [0.25, 0.3) is 0 Å². The van der Waals surface area contributed by atoms with Gasteiger partial charge in [-0.05, 0) is 13.8 Å². The Morgan fingerprint density at radius 1 is 1.40 bits per heavy atom. The van der Waals surface area contributed by atoms with E-state index in [1.807, 2.05) is 20.8 Å². The number of likely N-dealkylation sites (tertiary alicyclic amines) is 1. The lowest BCUT2D eigenvalue weighted by Crippen LogP contribution is -2.35. The summed E-state index contributed by atoms with van der Waals surface area (Å²) < 4.78 is 5.50. The molecular formula is C11H17NO3. The third-order valence-electron chi connectivity index (χ3n) is 3.20. The first-order chi connectivity index (χ1) is 6.92. The number of imide groups is 1. The van der Waals surface area contributed by atoms with Crippen molar-refractivity contribution in [3.8, 4) is 0 Å². The average molecular weight is 211 g/mol. The van der Waals surface area contributed by atoms with E-state index in [1.165, 1.54) is 4.90 Å². The van der Waals surface area contributed by atoms with E-state index in [9.17, 15) is 9.59 Å². The lowest BCUT2D eigenvalue weighted by atomic mass is 9.98. The molecule has 84 valence electrons. The summed E-state index contributed by atoms with van der Waals surface area (Å²) in [6.45, 7) is 6.59. The van der Waals surface area contributed by atoms with Crippen LogP contribution in [0, 0.1) is 5.92 Å². The summed E-state index contributed by atoms with van der Waals surface area (Å²) in [5.74, 6) is 0.154. The van der Waals surface area contributed by atoms with E-state index in [1.54, 1.807) is 0 Å². The highest BCUT2D eigenvalue weighted by molar-refractivity contribution is 6.01. The van der Waals surface area contributed by atoms with Gasteiger partial charge < -0.3 is 4.74 Å². The summed E-state index contributed by atoms with van der Waals surface area (Å²) in [7, 11) is 0. The fraction of sp³-hybridized carbons (Fsp3) is 0.818. The van der Waals surface area contributed by atoms with Crippen LogP contribution in [-0.2, 0) is 14.3 Å². The van der Waals surface area contributed by atoms with Gasteiger partial charge >= 0.3 is 0 Å². The van der Waals surface area contributed by atoms with Crippen molar-refractivity contribution in [3.63, 3.8) is 0 Å². The molecule has 0 aliphatic carbocycles. The highest BCUT2D eigenvalue weighted by atomic mass is 16.6. The molecule has 2 rings (SSSR count). The number of rotatable bonds is 3. The molecule has 2 unspecified atom stereocenters. The molecular weight excluding hydrogens is 194 g/mol. The van der Waals surface area contributed by atoms with Crippen LogP contribution in [0.2, 0.25) is 0 Å². The van der Waals surface area contributed by atoms with Gasteiger partial charge in [0.15, 0.2) is 0 Å². The van der Waals surface area contributed by atoms with Crippen molar-refractivity contribution < 1.29 is 14.3 Å². The molecule has 4 nitrogen and oxygen atoms in total. The molecule has 2 aliphatic rings. The maximum absolute atomic E-state index is 11.4. The first-order valence-electron chi connectivity index (χ1n) is 5.43. The molecule has 2 aliphatic heterocycles. The zero-order valence-corrected chi connectivity index (χ0v) is 9.45. The van der Waals surface area contributed by atoms with Gasteiger partial charge in [0.2, 0.25) is 11.8 Å². The van der Waals surface area contributed by atoms with Gasteiger partial charge in [0, 0.05) is 25.3 Å². The number of carbonyl (C=O) groups is 2. The third kappa shape index (κ3) is 1.91. The van der Waals surface area contributed by atoms with Crippen molar-refractivity contribution in [1.29, 1.82) is 0 Å². The van der Waals surface area contributed by atoms with Gasteiger partial charge in [0.1, 0.15) is 0 Å². The van der Waals surface area contributed by atoms with Gasteiger partial charge in [-0.1, -0.05) is 6.92 Å². The molecule has 0 aromatic rings. The number of nitrogens with zero attached hydrogens (tertiary/aromatic N) is 1. The number of epoxide rings is 1. The SMILES string of the molecule is CC(CN1C(=O)CCC1=O)C1OC1(C)C. The second kappa shape index (κ2) is 3.30. The standard InChI is InChI=1S/C11H17NO3/c1-7(10-11(2,3)15-10)6-12-8(13)4-5-9(12)14/h7,10H,4-6H2,1-3H3. The van der Waals surface area contributed by atoms with Crippen LogP contribution in [0.5, 0.6) is 0 Å². The lowest BCUT2D eigenvalue weighted by Gasteiger charge is -2.18. The molecule has 0 radical (unpaired) electrons. The van der Waals surface area contributed by atoms with Crippen LogP contribution in [0.15, 0.2) is 0 Å². The average Bonchev–Trinajstić information content (AvgIpc) is 2.69. The topological polar surface area (TPSA) is 49.9 Å². The number of amides is 2. The first-order valence-corrected chi connectivity index (χ1v) is 5.43. The Morgan fingerprint density at radius 2 is 1.87 bits per heavy atom. The second-order valence-electron chi connectivity index (χ2n) is 5.02. The Labute approximate surface area is 89.6 Å². The van der Waals surface area contributed by atoms with Crippen molar-refractivity contribution in [2.75, 3.05) is 6.54 Å². The van der Waals surface area contributed by atoms with Crippen LogP contribution in [0.1, 0.15) is 33.6 Å². The van der Waals surface area contributed by atoms with Gasteiger partial charge in [0.05, 0.1) is 11.7 Å². The molecule has 2 atom stereocenters. The molecule has 2 heterocycles. The first kappa shape index (κ1) is 10.6. The van der Waals surface area contributed by atoms with Gasteiger partial charge in [-0.2, -0.15) is 0 Å². The molecule has 0 N–H and O–H groups in total. The lowest BCUT2D eigenvalue weighted by molar-refractivity contribution is -0.139. The van der Waals surface area contributed by atoms with E-state index >= 15 is 0 Å². The summed E-state index contributed by atoms with van der Waals surface area (Å²) in [4.78, 5) is 24.2. The maximum Gasteiger partial charge on any atom is 0.229 e. The van der Waals surface area contributed by atoms with Crippen LogP contribution < -0.4 is 0 Å². The van der Waals surface area contributed by atoms with Crippen molar-refractivity contribution >= 4 is 11.8 Å². The van der Waals surface area contributed by atoms with Crippen molar-refractivity contribution in [1.82, 2.24) is 4.90 Å². The molecule has 2 fully saturated rings. The zero-order valence-electron chi connectivity index (χ0n) is 9.45. The van der Waals surface area contributed by atoms with Crippen LogP contribution in [0.3, 0.4) is 0 Å². The van der Waals surface area contributed by atoms with E-state index < -0.39 is 0 Å². The van der Waals surface area contributed by atoms with Crippen molar-refractivity contribution in [2.24, 2.45) is 5.92 Å². The Hall–Kier alpha value is -0.900. The fourth-order valence-corrected chi connectivity index (χ4v) is 2.30. The summed E-state index contributed by atoms with van der Waals surface area (Å²) >= 11 is 0. The predicted octanol–water partition coefficient (Wildman–Crippen LogP) is 0.949. The maximum atomic E-state index is 11.4. The molecule has 0 bridgehead atoms. The molecule has 15 heavy (non-hydrogen) atoms.